The first-order valence-electron chi connectivity index (χ1n) is 3.69. The number of alkyl halides is 2. The summed E-state index contributed by atoms with van der Waals surface area (Å²) in [5.41, 5.74) is -2.80. The van der Waals surface area contributed by atoms with Gasteiger partial charge in [0, 0.05) is 11.8 Å². The van der Waals surface area contributed by atoms with E-state index >= 15 is 0 Å². The summed E-state index contributed by atoms with van der Waals surface area (Å²) in [6.07, 6.45) is -2.59. The lowest BCUT2D eigenvalue weighted by atomic mass is 10.1. The highest BCUT2D eigenvalue weighted by Gasteiger charge is 2.27. The van der Waals surface area contributed by atoms with Gasteiger partial charge in [0.2, 0.25) is 0 Å². The molecule has 0 unspecified atom stereocenters. The number of nitrogens with zero attached hydrogens (tertiary/aromatic N) is 2. The number of nitro groups is 1. The lowest BCUT2D eigenvalue weighted by Crippen LogP contribution is -2.05. The zero-order valence-corrected chi connectivity index (χ0v) is 7.15. The fraction of sp³-hybridized carbons (Fsp3) is 0.286. The predicted octanol–water partition coefficient (Wildman–Crippen LogP) is 1.56. The number of halogens is 3. The first kappa shape index (κ1) is 11.4. The van der Waals surface area contributed by atoms with E-state index in [1.54, 1.807) is 0 Å². The van der Waals surface area contributed by atoms with Crippen LogP contribution in [0.3, 0.4) is 0 Å². The third kappa shape index (κ3) is 2.04. The van der Waals surface area contributed by atoms with Crippen LogP contribution in [0.2, 0.25) is 0 Å². The monoisotopic (exact) mass is 222 g/mol. The first-order valence-corrected chi connectivity index (χ1v) is 3.69. The maximum atomic E-state index is 12.8. The molecule has 0 atom stereocenters. The standard InChI is InChI=1S/C7H5F3N2O3/c8-6(9)3-1-11-7(10)5(12(14)15)4(3)2-13/h1,6,13H,2H2. The van der Waals surface area contributed by atoms with Crippen molar-refractivity contribution in [1.82, 2.24) is 4.98 Å². The van der Waals surface area contributed by atoms with Crippen molar-refractivity contribution in [3.8, 4) is 0 Å². The zero-order chi connectivity index (χ0) is 11.6. The summed E-state index contributed by atoms with van der Waals surface area (Å²) in [5, 5.41) is 19.0. The topological polar surface area (TPSA) is 76.3 Å². The van der Waals surface area contributed by atoms with Gasteiger partial charge in [-0.25, -0.2) is 13.8 Å². The van der Waals surface area contributed by atoms with Gasteiger partial charge in [0.05, 0.1) is 17.1 Å². The molecule has 82 valence electrons. The first-order chi connectivity index (χ1) is 6.99. The minimum Gasteiger partial charge on any atom is -0.391 e. The third-order valence-corrected chi connectivity index (χ3v) is 1.72. The number of rotatable bonds is 3. The third-order valence-electron chi connectivity index (χ3n) is 1.72. The molecule has 8 heteroatoms. The summed E-state index contributed by atoms with van der Waals surface area (Å²) >= 11 is 0. The lowest BCUT2D eigenvalue weighted by molar-refractivity contribution is -0.389. The van der Waals surface area contributed by atoms with Crippen LogP contribution in [0, 0.1) is 16.1 Å². The van der Waals surface area contributed by atoms with Crippen molar-refractivity contribution in [3.05, 3.63) is 33.4 Å². The van der Waals surface area contributed by atoms with Crippen molar-refractivity contribution in [1.29, 1.82) is 0 Å². The Hall–Kier alpha value is -1.70. The average molecular weight is 222 g/mol. The summed E-state index contributed by atoms with van der Waals surface area (Å²) in [6.45, 7) is -1.05. The molecule has 0 aliphatic rings. The molecular formula is C7H5F3N2O3. The molecule has 0 radical (unpaired) electrons. The molecule has 0 aliphatic carbocycles. The van der Waals surface area contributed by atoms with Gasteiger partial charge >= 0.3 is 5.69 Å². The van der Waals surface area contributed by atoms with Crippen molar-refractivity contribution < 1.29 is 23.2 Å². The van der Waals surface area contributed by atoms with Crippen molar-refractivity contribution in [2.75, 3.05) is 0 Å². The number of pyridine rings is 1. The van der Waals surface area contributed by atoms with E-state index in [1.807, 2.05) is 0 Å². The smallest absolute Gasteiger partial charge is 0.329 e. The SMILES string of the molecule is O=[N+]([O-])c1c(F)ncc(C(F)F)c1CO. The maximum absolute atomic E-state index is 12.8. The molecule has 0 spiro atoms. The Bertz CT molecular complexity index is 397. The van der Waals surface area contributed by atoms with Crippen molar-refractivity contribution >= 4 is 5.69 Å². The normalized spacial score (nSPS) is 10.7. The number of aliphatic hydroxyl groups is 1. The van der Waals surface area contributed by atoms with Gasteiger partial charge < -0.3 is 5.11 Å². The van der Waals surface area contributed by atoms with E-state index in [-0.39, 0.29) is 0 Å². The second kappa shape index (κ2) is 4.22. The highest BCUT2D eigenvalue weighted by molar-refractivity contribution is 5.43. The van der Waals surface area contributed by atoms with E-state index in [0.29, 0.717) is 6.20 Å². The van der Waals surface area contributed by atoms with Gasteiger partial charge in [-0.3, -0.25) is 10.1 Å². The number of aliphatic hydroxyl groups excluding tert-OH is 1. The summed E-state index contributed by atoms with van der Waals surface area (Å²) in [7, 11) is 0. The van der Waals surface area contributed by atoms with E-state index < -0.39 is 40.7 Å². The summed E-state index contributed by atoms with van der Waals surface area (Å²) in [6, 6.07) is 0. The number of hydrogen-bond donors (Lipinski definition) is 1. The second-order valence-electron chi connectivity index (χ2n) is 2.55. The maximum Gasteiger partial charge on any atom is 0.329 e. The van der Waals surface area contributed by atoms with E-state index in [1.165, 1.54) is 0 Å². The molecule has 1 aromatic heterocycles. The fourth-order valence-corrected chi connectivity index (χ4v) is 1.07. The van der Waals surface area contributed by atoms with Gasteiger partial charge in [-0.05, 0) is 0 Å². The summed E-state index contributed by atoms with van der Waals surface area (Å²) in [4.78, 5) is 12.0. The quantitative estimate of drug-likeness (QED) is 0.478. The van der Waals surface area contributed by atoms with Crippen LogP contribution in [-0.2, 0) is 6.61 Å². The Kier molecular flexibility index (Phi) is 3.20. The van der Waals surface area contributed by atoms with Gasteiger partial charge in [-0.15, -0.1) is 0 Å². The Morgan fingerprint density at radius 3 is 2.60 bits per heavy atom. The Balaban J connectivity index is 3.47. The number of aromatic nitrogens is 1. The van der Waals surface area contributed by atoms with Crippen LogP contribution in [-0.4, -0.2) is 15.0 Å². The largest absolute Gasteiger partial charge is 0.391 e. The molecule has 0 fully saturated rings. The minimum absolute atomic E-state index is 0.471. The summed E-state index contributed by atoms with van der Waals surface area (Å²) in [5.74, 6) is -1.49. The summed E-state index contributed by atoms with van der Waals surface area (Å²) < 4.78 is 37.4. The molecule has 1 heterocycles. The Morgan fingerprint density at radius 2 is 2.20 bits per heavy atom. The van der Waals surface area contributed by atoms with Crippen LogP contribution in [0.1, 0.15) is 17.6 Å². The molecule has 1 rings (SSSR count). The highest BCUT2D eigenvalue weighted by Crippen LogP contribution is 2.30. The van der Waals surface area contributed by atoms with Crippen LogP contribution in [0.15, 0.2) is 6.20 Å². The molecule has 0 saturated carbocycles. The molecule has 1 N–H and O–H groups in total. The van der Waals surface area contributed by atoms with Crippen LogP contribution >= 0.6 is 0 Å². The lowest BCUT2D eigenvalue weighted by Gasteiger charge is -2.06. The Labute approximate surface area is 81.3 Å². The van der Waals surface area contributed by atoms with Gasteiger partial charge in [0.15, 0.2) is 0 Å². The van der Waals surface area contributed by atoms with E-state index in [4.69, 9.17) is 5.11 Å². The van der Waals surface area contributed by atoms with E-state index in [0.717, 1.165) is 0 Å². The van der Waals surface area contributed by atoms with Gasteiger partial charge in [-0.1, -0.05) is 0 Å². The number of hydrogen-bond acceptors (Lipinski definition) is 4. The molecule has 0 saturated heterocycles. The molecule has 0 aromatic carbocycles. The molecule has 1 aromatic rings. The van der Waals surface area contributed by atoms with E-state index in [2.05, 4.69) is 4.98 Å². The fourth-order valence-electron chi connectivity index (χ4n) is 1.07. The molecule has 0 aliphatic heterocycles. The van der Waals surface area contributed by atoms with Crippen molar-refractivity contribution in [2.24, 2.45) is 0 Å². The van der Waals surface area contributed by atoms with Crippen LogP contribution in [0.25, 0.3) is 0 Å². The van der Waals surface area contributed by atoms with Crippen molar-refractivity contribution in [3.63, 3.8) is 0 Å². The van der Waals surface area contributed by atoms with E-state index in [9.17, 15) is 23.3 Å². The Morgan fingerprint density at radius 1 is 1.60 bits per heavy atom. The van der Waals surface area contributed by atoms with Crippen LogP contribution in [0.5, 0.6) is 0 Å². The average Bonchev–Trinajstić information content (AvgIpc) is 2.15. The molecule has 5 nitrogen and oxygen atoms in total. The molecule has 15 heavy (non-hydrogen) atoms. The molecular weight excluding hydrogens is 217 g/mol. The highest BCUT2D eigenvalue weighted by atomic mass is 19.3. The molecule has 0 amide bonds. The minimum atomic E-state index is -3.06. The van der Waals surface area contributed by atoms with Gasteiger partial charge in [0.25, 0.3) is 12.4 Å². The van der Waals surface area contributed by atoms with Gasteiger partial charge in [-0.2, -0.15) is 4.39 Å². The zero-order valence-electron chi connectivity index (χ0n) is 7.15. The second-order valence-corrected chi connectivity index (χ2v) is 2.55. The predicted molar refractivity (Wildman–Crippen MR) is 41.7 cm³/mol. The van der Waals surface area contributed by atoms with Crippen molar-refractivity contribution in [2.45, 2.75) is 13.0 Å². The molecule has 0 bridgehead atoms. The van der Waals surface area contributed by atoms with Crippen LogP contribution in [0.4, 0.5) is 18.9 Å². The van der Waals surface area contributed by atoms with Gasteiger partial charge in [0.1, 0.15) is 0 Å². The van der Waals surface area contributed by atoms with Crippen LogP contribution < -0.4 is 0 Å².